The van der Waals surface area contributed by atoms with Gasteiger partial charge in [-0.1, -0.05) is 18.2 Å². The molecule has 2 bridgehead atoms. The Labute approximate surface area is 147 Å². The fourth-order valence-electron chi connectivity index (χ4n) is 3.96. The van der Waals surface area contributed by atoms with Crippen molar-refractivity contribution >= 4 is 11.7 Å². The Morgan fingerprint density at radius 2 is 2.08 bits per heavy atom. The number of ether oxygens (including phenoxy) is 2. The summed E-state index contributed by atoms with van der Waals surface area (Å²) in [5.74, 6) is -0.934. The molecule has 136 valence electrons. The summed E-state index contributed by atoms with van der Waals surface area (Å²) in [6.45, 7) is 0.877. The number of aliphatic hydroxyl groups excluding tert-OH is 1. The molecule has 0 atom stereocenters. The lowest BCUT2D eigenvalue weighted by molar-refractivity contribution is -0.194. The van der Waals surface area contributed by atoms with Crippen LogP contribution in [0.15, 0.2) is 30.5 Å². The number of carboxylic acids is 1. The van der Waals surface area contributed by atoms with E-state index < -0.39 is 5.97 Å². The predicted molar refractivity (Wildman–Crippen MR) is 92.8 cm³/mol. The molecule has 0 radical (unpaired) electrons. The second kappa shape index (κ2) is 7.06. The van der Waals surface area contributed by atoms with Gasteiger partial charge >= 0.3 is 5.97 Å². The Kier molecular flexibility index (Phi) is 5.01. The lowest BCUT2D eigenvalue weighted by Gasteiger charge is -2.53. The number of aliphatic hydroxyl groups is 1. The summed E-state index contributed by atoms with van der Waals surface area (Å²) in [5, 5.41) is 17.8. The van der Waals surface area contributed by atoms with Crippen LogP contribution in [0.1, 0.15) is 43.2 Å². The van der Waals surface area contributed by atoms with Crippen molar-refractivity contribution in [2.75, 3.05) is 19.8 Å². The van der Waals surface area contributed by atoms with Gasteiger partial charge in [-0.3, -0.25) is 0 Å². The topological polar surface area (TPSA) is 102 Å². The number of hydrogen-bond donors (Lipinski definition) is 3. The summed E-state index contributed by atoms with van der Waals surface area (Å²) in [5.41, 5.74) is 7.87. The highest BCUT2D eigenvalue weighted by atomic mass is 16.5. The Balaban J connectivity index is 1.65. The summed E-state index contributed by atoms with van der Waals surface area (Å²) in [6, 6.07) is 7.87. The molecule has 4 rings (SSSR count). The molecular weight excluding hydrogens is 322 g/mol. The number of hydrogen-bond acceptors (Lipinski definition) is 5. The molecule has 0 spiro atoms. The third-order valence-corrected chi connectivity index (χ3v) is 5.64. The summed E-state index contributed by atoms with van der Waals surface area (Å²) in [7, 11) is 0. The van der Waals surface area contributed by atoms with Crippen LogP contribution in [0.25, 0.3) is 5.70 Å². The van der Waals surface area contributed by atoms with E-state index in [-0.39, 0.29) is 17.6 Å². The Hall–Kier alpha value is -2.05. The molecule has 1 aromatic carbocycles. The first-order valence-corrected chi connectivity index (χ1v) is 8.63. The van der Waals surface area contributed by atoms with Crippen LogP contribution in [0.3, 0.4) is 0 Å². The van der Waals surface area contributed by atoms with Crippen LogP contribution < -0.4 is 5.73 Å². The highest BCUT2D eigenvalue weighted by Crippen LogP contribution is 2.55. The average Bonchev–Trinajstić information content (AvgIpc) is 2.66. The van der Waals surface area contributed by atoms with E-state index in [1.54, 1.807) is 0 Å². The van der Waals surface area contributed by atoms with Crippen molar-refractivity contribution in [2.24, 2.45) is 11.1 Å². The van der Waals surface area contributed by atoms with Gasteiger partial charge in [0.25, 0.3) is 0 Å². The van der Waals surface area contributed by atoms with Gasteiger partial charge < -0.3 is 25.4 Å². The van der Waals surface area contributed by atoms with Gasteiger partial charge in [-0.25, -0.2) is 4.79 Å². The minimum absolute atomic E-state index is 0.0991. The maximum Gasteiger partial charge on any atom is 0.329 e. The van der Waals surface area contributed by atoms with Gasteiger partial charge in [-0.2, -0.15) is 0 Å². The summed E-state index contributed by atoms with van der Waals surface area (Å²) in [4.78, 5) is 10.5. The fraction of sp³-hybridized carbons (Fsp3) is 0.526. The molecular formula is C19H25NO5. The van der Waals surface area contributed by atoms with E-state index in [2.05, 4.69) is 6.07 Å². The van der Waals surface area contributed by atoms with Crippen LogP contribution in [-0.4, -0.2) is 36.0 Å². The smallest absolute Gasteiger partial charge is 0.329 e. The zero-order valence-electron chi connectivity index (χ0n) is 14.2. The molecule has 25 heavy (non-hydrogen) atoms. The van der Waals surface area contributed by atoms with E-state index in [1.807, 2.05) is 18.2 Å². The lowest BCUT2D eigenvalue weighted by atomic mass is 9.63. The Bertz CT molecular complexity index is 645. The molecule has 0 aromatic heterocycles. The second-order valence-electron chi connectivity index (χ2n) is 7.14. The van der Waals surface area contributed by atoms with Gasteiger partial charge in [0, 0.05) is 12.2 Å². The number of nitrogens with two attached hydrogens (primary N) is 1. The average molecular weight is 347 g/mol. The molecule has 3 fully saturated rings. The van der Waals surface area contributed by atoms with Gasteiger partial charge in [0.1, 0.15) is 12.9 Å². The van der Waals surface area contributed by atoms with Crippen molar-refractivity contribution in [3.63, 3.8) is 0 Å². The number of fused-ring (bicyclic) bond motifs is 3. The first-order chi connectivity index (χ1) is 12.0. The van der Waals surface area contributed by atoms with E-state index in [9.17, 15) is 4.79 Å². The first kappa shape index (κ1) is 17.8. The summed E-state index contributed by atoms with van der Waals surface area (Å²) in [6.07, 6.45) is 5.69. The van der Waals surface area contributed by atoms with Crippen LogP contribution in [0.5, 0.6) is 0 Å². The molecule has 0 amide bonds. The highest BCUT2D eigenvalue weighted by molar-refractivity contribution is 5.68. The minimum Gasteiger partial charge on any atom is -0.513 e. The third-order valence-electron chi connectivity index (χ3n) is 5.64. The number of aliphatic carboxylic acids is 1. The SMILES string of the molecule is NC(=CO)c1cccc(C23CCC(CCOCC(=O)O)(CC2)CO3)c1. The molecule has 3 aliphatic rings. The van der Waals surface area contributed by atoms with Gasteiger partial charge in [-0.05, 0) is 49.1 Å². The molecule has 6 nitrogen and oxygen atoms in total. The maximum absolute atomic E-state index is 10.5. The van der Waals surface area contributed by atoms with Crippen LogP contribution >= 0.6 is 0 Å². The Morgan fingerprint density at radius 1 is 1.32 bits per heavy atom. The van der Waals surface area contributed by atoms with E-state index in [0.29, 0.717) is 18.9 Å². The molecule has 1 aromatic rings. The minimum atomic E-state index is -0.934. The molecule has 1 saturated carbocycles. The van der Waals surface area contributed by atoms with E-state index in [4.69, 9.17) is 25.4 Å². The van der Waals surface area contributed by atoms with Gasteiger partial charge in [0.15, 0.2) is 0 Å². The van der Waals surface area contributed by atoms with E-state index >= 15 is 0 Å². The number of rotatable bonds is 7. The molecule has 2 heterocycles. The maximum atomic E-state index is 10.5. The van der Waals surface area contributed by atoms with Crippen molar-refractivity contribution in [3.05, 3.63) is 41.7 Å². The van der Waals surface area contributed by atoms with Crippen LogP contribution in [0.2, 0.25) is 0 Å². The van der Waals surface area contributed by atoms with Gasteiger partial charge in [0.05, 0.1) is 17.9 Å². The zero-order valence-corrected chi connectivity index (χ0v) is 14.2. The molecule has 6 heteroatoms. The largest absolute Gasteiger partial charge is 0.513 e. The quantitative estimate of drug-likeness (QED) is 0.518. The lowest BCUT2D eigenvalue weighted by Crippen LogP contribution is -2.49. The van der Waals surface area contributed by atoms with Crippen LogP contribution in [-0.2, 0) is 19.9 Å². The van der Waals surface area contributed by atoms with Crippen molar-refractivity contribution in [1.82, 2.24) is 0 Å². The standard InChI is InChI=1S/C19H25NO5/c20-16(11-21)14-2-1-3-15(10-14)19-6-4-18(5-7-19,13-25-19)8-9-24-12-17(22)23/h1-3,10-11,21H,4-9,12-13,20H2,(H,22,23). The van der Waals surface area contributed by atoms with Gasteiger partial charge in [-0.15, -0.1) is 0 Å². The van der Waals surface area contributed by atoms with Crippen LogP contribution in [0.4, 0.5) is 0 Å². The van der Waals surface area contributed by atoms with Crippen molar-refractivity contribution in [1.29, 1.82) is 0 Å². The number of carboxylic acid groups (broad SMARTS) is 1. The van der Waals surface area contributed by atoms with Crippen molar-refractivity contribution in [3.8, 4) is 0 Å². The number of benzene rings is 1. The normalized spacial score (nSPS) is 28.9. The molecule has 0 unspecified atom stereocenters. The zero-order chi connectivity index (χ0) is 17.9. The van der Waals surface area contributed by atoms with E-state index in [0.717, 1.165) is 49.5 Å². The third kappa shape index (κ3) is 3.65. The fourth-order valence-corrected chi connectivity index (χ4v) is 3.96. The molecule has 4 N–H and O–H groups in total. The predicted octanol–water partition coefficient (Wildman–Crippen LogP) is 2.78. The van der Waals surface area contributed by atoms with Gasteiger partial charge in [0.2, 0.25) is 0 Å². The van der Waals surface area contributed by atoms with Crippen molar-refractivity contribution < 1.29 is 24.5 Å². The second-order valence-corrected chi connectivity index (χ2v) is 7.14. The first-order valence-electron chi connectivity index (χ1n) is 8.63. The van der Waals surface area contributed by atoms with E-state index in [1.165, 1.54) is 0 Å². The Morgan fingerprint density at radius 3 is 2.68 bits per heavy atom. The van der Waals surface area contributed by atoms with Crippen LogP contribution in [0, 0.1) is 5.41 Å². The monoisotopic (exact) mass is 347 g/mol. The highest BCUT2D eigenvalue weighted by Gasteiger charge is 2.50. The number of carbonyl (C=O) groups is 1. The molecule has 2 saturated heterocycles. The molecule has 2 aliphatic heterocycles. The summed E-state index contributed by atoms with van der Waals surface area (Å²) < 4.78 is 11.5. The van der Waals surface area contributed by atoms with Crippen molar-refractivity contribution in [2.45, 2.75) is 37.7 Å². The molecule has 1 aliphatic carbocycles. The summed E-state index contributed by atoms with van der Waals surface area (Å²) >= 11 is 0.